The maximum atomic E-state index is 5.70. The molecule has 1 aromatic rings. The summed E-state index contributed by atoms with van der Waals surface area (Å²) >= 11 is 4.94. The zero-order valence-electron chi connectivity index (χ0n) is 11.8. The molecule has 0 spiro atoms. The largest absolute Gasteiger partial charge is 0.494 e. The summed E-state index contributed by atoms with van der Waals surface area (Å²) in [6.45, 7) is 6.90. The van der Waals surface area contributed by atoms with Gasteiger partial charge in [-0.15, -0.1) is 0 Å². The standard InChI is InChI=1S/C15H23N3OS/c16-15(20)13-18-10-8-17(9-11-18)7-4-12-19-14-5-2-1-3-6-14/h1-3,5-6H,4,7-13H2,(H2,16,20). The Morgan fingerprint density at radius 1 is 1.10 bits per heavy atom. The lowest BCUT2D eigenvalue weighted by Gasteiger charge is -2.34. The van der Waals surface area contributed by atoms with E-state index in [1.807, 2.05) is 30.3 Å². The molecular formula is C15H23N3OS. The molecule has 0 bridgehead atoms. The lowest BCUT2D eigenvalue weighted by atomic mass is 10.3. The Labute approximate surface area is 126 Å². The molecule has 1 heterocycles. The lowest BCUT2D eigenvalue weighted by molar-refractivity contribution is 0.138. The number of ether oxygens (including phenoxy) is 1. The SMILES string of the molecule is NC(=S)CN1CCN(CCCOc2ccccc2)CC1. The second kappa shape index (κ2) is 8.19. The fourth-order valence-electron chi connectivity index (χ4n) is 2.39. The fourth-order valence-corrected chi connectivity index (χ4v) is 2.57. The summed E-state index contributed by atoms with van der Waals surface area (Å²) in [5.41, 5.74) is 5.57. The molecule has 1 aromatic carbocycles. The van der Waals surface area contributed by atoms with E-state index in [-0.39, 0.29) is 0 Å². The minimum atomic E-state index is 0.592. The number of para-hydroxylation sites is 1. The van der Waals surface area contributed by atoms with Crippen LogP contribution in [0.1, 0.15) is 6.42 Å². The molecule has 0 aromatic heterocycles. The number of piperazine rings is 1. The van der Waals surface area contributed by atoms with Crippen molar-refractivity contribution >= 4 is 17.2 Å². The molecule has 0 amide bonds. The highest BCUT2D eigenvalue weighted by atomic mass is 32.1. The Kier molecular flexibility index (Phi) is 6.24. The minimum absolute atomic E-state index is 0.592. The van der Waals surface area contributed by atoms with Crippen LogP contribution in [0.15, 0.2) is 30.3 Å². The summed E-state index contributed by atoms with van der Waals surface area (Å²) in [6.07, 6.45) is 1.06. The van der Waals surface area contributed by atoms with E-state index in [1.54, 1.807) is 0 Å². The third-order valence-electron chi connectivity index (χ3n) is 3.47. The van der Waals surface area contributed by atoms with Crippen molar-refractivity contribution in [3.63, 3.8) is 0 Å². The van der Waals surface area contributed by atoms with Crippen molar-refractivity contribution in [3.05, 3.63) is 30.3 Å². The van der Waals surface area contributed by atoms with Crippen LogP contribution in [0, 0.1) is 0 Å². The first-order valence-corrected chi connectivity index (χ1v) is 7.56. The van der Waals surface area contributed by atoms with Gasteiger partial charge in [0.05, 0.1) is 11.6 Å². The molecule has 20 heavy (non-hydrogen) atoms. The number of hydrogen-bond acceptors (Lipinski definition) is 4. The number of nitrogens with two attached hydrogens (primary N) is 1. The Morgan fingerprint density at radius 2 is 1.75 bits per heavy atom. The highest BCUT2D eigenvalue weighted by molar-refractivity contribution is 7.80. The van der Waals surface area contributed by atoms with Gasteiger partial charge < -0.3 is 15.4 Å². The molecule has 1 aliphatic heterocycles. The summed E-state index contributed by atoms with van der Waals surface area (Å²) < 4.78 is 5.70. The number of thiocarbonyl (C=S) groups is 1. The maximum absolute atomic E-state index is 5.70. The van der Waals surface area contributed by atoms with Gasteiger partial charge >= 0.3 is 0 Å². The normalized spacial score (nSPS) is 17.0. The summed E-state index contributed by atoms with van der Waals surface area (Å²) in [5.74, 6) is 0.953. The molecule has 2 rings (SSSR count). The van der Waals surface area contributed by atoms with Crippen molar-refractivity contribution in [3.8, 4) is 5.75 Å². The molecule has 0 saturated carbocycles. The van der Waals surface area contributed by atoms with Crippen LogP contribution in [-0.2, 0) is 0 Å². The van der Waals surface area contributed by atoms with Crippen LogP contribution in [0.4, 0.5) is 0 Å². The van der Waals surface area contributed by atoms with Gasteiger partial charge in [-0.25, -0.2) is 0 Å². The fraction of sp³-hybridized carbons (Fsp3) is 0.533. The summed E-state index contributed by atoms with van der Waals surface area (Å²) in [5, 5.41) is 0. The Hall–Kier alpha value is -1.17. The number of hydrogen-bond donors (Lipinski definition) is 1. The molecule has 0 radical (unpaired) electrons. The van der Waals surface area contributed by atoms with Crippen molar-refractivity contribution in [2.24, 2.45) is 5.73 Å². The van der Waals surface area contributed by atoms with Crippen LogP contribution in [0.25, 0.3) is 0 Å². The van der Waals surface area contributed by atoms with Gasteiger partial charge in [0, 0.05) is 39.3 Å². The van der Waals surface area contributed by atoms with Gasteiger partial charge in [0.15, 0.2) is 0 Å². The molecule has 0 atom stereocenters. The average Bonchev–Trinajstić information content (AvgIpc) is 2.46. The molecule has 4 nitrogen and oxygen atoms in total. The molecule has 1 fully saturated rings. The molecular weight excluding hydrogens is 270 g/mol. The van der Waals surface area contributed by atoms with Gasteiger partial charge in [0.1, 0.15) is 5.75 Å². The lowest BCUT2D eigenvalue weighted by Crippen LogP contribution is -2.48. The van der Waals surface area contributed by atoms with Crippen molar-refractivity contribution in [1.82, 2.24) is 9.80 Å². The first-order chi connectivity index (χ1) is 9.74. The van der Waals surface area contributed by atoms with Crippen molar-refractivity contribution in [2.75, 3.05) is 45.9 Å². The monoisotopic (exact) mass is 293 g/mol. The van der Waals surface area contributed by atoms with Crippen LogP contribution in [0.5, 0.6) is 5.75 Å². The topological polar surface area (TPSA) is 41.7 Å². The first-order valence-electron chi connectivity index (χ1n) is 7.15. The smallest absolute Gasteiger partial charge is 0.119 e. The number of benzene rings is 1. The van der Waals surface area contributed by atoms with Crippen LogP contribution < -0.4 is 10.5 Å². The molecule has 0 aliphatic carbocycles. The molecule has 5 heteroatoms. The van der Waals surface area contributed by atoms with Gasteiger partial charge in [0.2, 0.25) is 0 Å². The third-order valence-corrected chi connectivity index (χ3v) is 3.60. The molecule has 1 saturated heterocycles. The van der Waals surface area contributed by atoms with E-state index < -0.39 is 0 Å². The summed E-state index contributed by atoms with van der Waals surface area (Å²) in [4.78, 5) is 5.39. The van der Waals surface area contributed by atoms with E-state index in [0.29, 0.717) is 4.99 Å². The van der Waals surface area contributed by atoms with E-state index in [4.69, 9.17) is 22.7 Å². The van der Waals surface area contributed by atoms with Crippen LogP contribution >= 0.6 is 12.2 Å². The second-order valence-corrected chi connectivity index (χ2v) is 5.62. The maximum Gasteiger partial charge on any atom is 0.119 e. The predicted molar refractivity (Wildman–Crippen MR) is 86.2 cm³/mol. The summed E-state index contributed by atoms with van der Waals surface area (Å²) in [6, 6.07) is 9.98. The van der Waals surface area contributed by atoms with Gasteiger partial charge in [-0.1, -0.05) is 30.4 Å². The second-order valence-electron chi connectivity index (χ2n) is 5.10. The number of nitrogens with zero attached hydrogens (tertiary/aromatic N) is 2. The highest BCUT2D eigenvalue weighted by Gasteiger charge is 2.16. The number of rotatable bonds is 7. The van der Waals surface area contributed by atoms with Crippen molar-refractivity contribution in [2.45, 2.75) is 6.42 Å². The van der Waals surface area contributed by atoms with E-state index in [1.165, 1.54) is 0 Å². The Balaban J connectivity index is 1.56. The van der Waals surface area contributed by atoms with Gasteiger partial charge in [-0.3, -0.25) is 4.90 Å². The zero-order chi connectivity index (χ0) is 14.2. The molecule has 1 aliphatic rings. The quantitative estimate of drug-likeness (QED) is 0.607. The first kappa shape index (κ1) is 15.2. The Morgan fingerprint density at radius 3 is 2.40 bits per heavy atom. The van der Waals surface area contributed by atoms with E-state index >= 15 is 0 Å². The minimum Gasteiger partial charge on any atom is -0.494 e. The average molecular weight is 293 g/mol. The van der Waals surface area contributed by atoms with Crippen molar-refractivity contribution in [1.29, 1.82) is 0 Å². The molecule has 110 valence electrons. The van der Waals surface area contributed by atoms with Gasteiger partial charge in [-0.05, 0) is 18.6 Å². The van der Waals surface area contributed by atoms with Crippen molar-refractivity contribution < 1.29 is 4.74 Å². The van der Waals surface area contributed by atoms with Crippen LogP contribution in [0.2, 0.25) is 0 Å². The van der Waals surface area contributed by atoms with Crippen LogP contribution in [0.3, 0.4) is 0 Å². The van der Waals surface area contributed by atoms with E-state index in [0.717, 1.165) is 58.0 Å². The third kappa shape index (κ3) is 5.45. The molecule has 2 N–H and O–H groups in total. The van der Waals surface area contributed by atoms with Gasteiger partial charge in [0.25, 0.3) is 0 Å². The zero-order valence-corrected chi connectivity index (χ0v) is 12.6. The van der Waals surface area contributed by atoms with Gasteiger partial charge in [-0.2, -0.15) is 0 Å². The Bertz CT molecular complexity index is 405. The highest BCUT2D eigenvalue weighted by Crippen LogP contribution is 2.09. The van der Waals surface area contributed by atoms with Crippen LogP contribution in [-0.4, -0.2) is 60.7 Å². The van der Waals surface area contributed by atoms with E-state index in [2.05, 4.69) is 9.80 Å². The van der Waals surface area contributed by atoms with E-state index in [9.17, 15) is 0 Å². The molecule has 0 unspecified atom stereocenters. The summed E-state index contributed by atoms with van der Waals surface area (Å²) in [7, 11) is 0. The predicted octanol–water partition coefficient (Wildman–Crippen LogP) is 1.36.